The first-order chi connectivity index (χ1) is 15.5. The second-order valence-corrected chi connectivity index (χ2v) is 7.08. The van der Waals surface area contributed by atoms with Gasteiger partial charge in [0.2, 0.25) is 0 Å². The molecule has 4 aromatic rings. The highest BCUT2D eigenvalue weighted by Gasteiger charge is 2.12. The minimum atomic E-state index is -0.517. The summed E-state index contributed by atoms with van der Waals surface area (Å²) in [4.78, 5) is 22.6. The molecular formula is C24H19N5O3. The smallest absolute Gasteiger partial charge is 0.267 e. The number of nitro groups is 1. The Hall–Kier alpha value is -4.59. The summed E-state index contributed by atoms with van der Waals surface area (Å²) in [7, 11) is 0. The predicted octanol–water partition coefficient (Wildman–Crippen LogP) is 4.52. The van der Waals surface area contributed by atoms with Crippen molar-refractivity contribution in [2.45, 2.75) is 6.92 Å². The van der Waals surface area contributed by atoms with Gasteiger partial charge in [0.1, 0.15) is 5.69 Å². The Labute approximate surface area is 184 Å². The van der Waals surface area contributed by atoms with Crippen LogP contribution in [0.3, 0.4) is 0 Å². The lowest BCUT2D eigenvalue weighted by Gasteiger charge is -2.01. The first kappa shape index (κ1) is 20.7. The third kappa shape index (κ3) is 4.59. The highest BCUT2D eigenvalue weighted by molar-refractivity contribution is 5.95. The van der Waals surface area contributed by atoms with Gasteiger partial charge in [-0.1, -0.05) is 48.0 Å². The first-order valence-electron chi connectivity index (χ1n) is 9.81. The van der Waals surface area contributed by atoms with Gasteiger partial charge in [0.25, 0.3) is 11.6 Å². The minimum absolute atomic E-state index is 0.0823. The predicted molar refractivity (Wildman–Crippen MR) is 122 cm³/mol. The van der Waals surface area contributed by atoms with Crippen molar-refractivity contribution in [3.05, 3.63) is 112 Å². The van der Waals surface area contributed by atoms with Crippen molar-refractivity contribution in [2.24, 2.45) is 5.10 Å². The fourth-order valence-corrected chi connectivity index (χ4v) is 3.09. The van der Waals surface area contributed by atoms with Crippen molar-refractivity contribution in [3.63, 3.8) is 0 Å². The average Bonchev–Trinajstić information content (AvgIpc) is 3.24. The van der Waals surface area contributed by atoms with Gasteiger partial charge in [-0.2, -0.15) is 10.2 Å². The largest absolute Gasteiger partial charge is 0.271 e. The molecule has 32 heavy (non-hydrogen) atoms. The van der Waals surface area contributed by atoms with Crippen molar-refractivity contribution in [3.8, 4) is 16.9 Å². The molecule has 1 amide bonds. The van der Waals surface area contributed by atoms with E-state index in [4.69, 9.17) is 5.10 Å². The number of nitrogens with one attached hydrogen (secondary N) is 1. The molecule has 0 saturated heterocycles. The van der Waals surface area contributed by atoms with Crippen LogP contribution < -0.4 is 5.43 Å². The van der Waals surface area contributed by atoms with Crippen LogP contribution in [0.5, 0.6) is 0 Å². The van der Waals surface area contributed by atoms with Crippen LogP contribution in [0.2, 0.25) is 0 Å². The molecule has 0 atom stereocenters. The van der Waals surface area contributed by atoms with Crippen molar-refractivity contribution in [1.29, 1.82) is 0 Å². The summed E-state index contributed by atoms with van der Waals surface area (Å²) in [5.41, 5.74) is 7.06. The maximum atomic E-state index is 12.3. The van der Waals surface area contributed by atoms with Gasteiger partial charge in [-0.15, -0.1) is 0 Å². The molecule has 8 heteroatoms. The number of non-ortho nitro benzene ring substituents is 1. The van der Waals surface area contributed by atoms with Gasteiger partial charge in [-0.25, -0.2) is 10.1 Å². The Balaban J connectivity index is 1.59. The van der Waals surface area contributed by atoms with Crippen LogP contribution in [0, 0.1) is 17.0 Å². The van der Waals surface area contributed by atoms with Crippen LogP contribution in [0.15, 0.2) is 90.2 Å². The van der Waals surface area contributed by atoms with E-state index in [-0.39, 0.29) is 11.3 Å². The molecule has 3 aromatic carbocycles. The number of benzene rings is 3. The molecule has 1 aromatic heterocycles. The van der Waals surface area contributed by atoms with Crippen molar-refractivity contribution >= 4 is 17.8 Å². The van der Waals surface area contributed by atoms with Crippen molar-refractivity contribution in [1.82, 2.24) is 15.2 Å². The molecule has 0 saturated carbocycles. The van der Waals surface area contributed by atoms with E-state index in [1.807, 2.05) is 67.7 Å². The Kier molecular flexibility index (Phi) is 5.85. The Morgan fingerprint density at radius 1 is 1.03 bits per heavy atom. The number of rotatable bonds is 6. The van der Waals surface area contributed by atoms with E-state index in [0.29, 0.717) is 0 Å². The summed E-state index contributed by atoms with van der Waals surface area (Å²) in [6.07, 6.45) is 3.37. The number of nitrogens with zero attached hydrogens (tertiary/aromatic N) is 4. The third-order valence-corrected chi connectivity index (χ3v) is 4.80. The lowest BCUT2D eigenvalue weighted by atomic mass is 10.1. The lowest BCUT2D eigenvalue weighted by Crippen LogP contribution is -2.17. The molecule has 1 N–H and O–H groups in total. The van der Waals surface area contributed by atoms with Gasteiger partial charge < -0.3 is 0 Å². The number of amides is 1. The fraction of sp³-hybridized carbons (Fsp3) is 0.0417. The van der Waals surface area contributed by atoms with Crippen LogP contribution in [0.25, 0.3) is 16.9 Å². The summed E-state index contributed by atoms with van der Waals surface area (Å²) in [6, 6.07) is 23.0. The third-order valence-electron chi connectivity index (χ3n) is 4.80. The zero-order valence-corrected chi connectivity index (χ0v) is 17.2. The van der Waals surface area contributed by atoms with Gasteiger partial charge in [0.05, 0.1) is 16.8 Å². The van der Waals surface area contributed by atoms with E-state index in [1.165, 1.54) is 30.5 Å². The van der Waals surface area contributed by atoms with Crippen LogP contribution in [0.1, 0.15) is 21.5 Å². The number of hydrogen-bond donors (Lipinski definition) is 1. The number of para-hydroxylation sites is 1. The molecule has 0 bridgehead atoms. The van der Waals surface area contributed by atoms with E-state index in [9.17, 15) is 14.9 Å². The second kappa shape index (κ2) is 9.05. The maximum Gasteiger partial charge on any atom is 0.271 e. The number of nitro benzene ring substituents is 1. The molecule has 0 fully saturated rings. The number of hydrazone groups is 1. The van der Waals surface area contributed by atoms with E-state index >= 15 is 0 Å². The van der Waals surface area contributed by atoms with Crippen LogP contribution in [-0.2, 0) is 0 Å². The quantitative estimate of drug-likeness (QED) is 0.279. The van der Waals surface area contributed by atoms with Crippen molar-refractivity contribution < 1.29 is 9.72 Å². The van der Waals surface area contributed by atoms with Gasteiger partial charge in [-0.3, -0.25) is 14.9 Å². The molecule has 0 aliphatic carbocycles. The Bertz CT molecular complexity index is 1280. The lowest BCUT2D eigenvalue weighted by molar-refractivity contribution is -0.384. The summed E-state index contributed by atoms with van der Waals surface area (Å²) in [5, 5.41) is 19.5. The highest BCUT2D eigenvalue weighted by Crippen LogP contribution is 2.23. The monoisotopic (exact) mass is 425 g/mol. The number of carbonyl (C=O) groups excluding carboxylic acids is 1. The summed E-state index contributed by atoms with van der Waals surface area (Å²) in [6.45, 7) is 2.02. The van der Waals surface area contributed by atoms with Gasteiger partial charge in [0, 0.05) is 35.0 Å². The SMILES string of the molecule is Cc1ccc(-c2nn(-c3ccccc3)cc2/C=N/NC(=O)c2ccc([N+](=O)[O-])cc2)cc1. The Morgan fingerprint density at radius 2 is 1.72 bits per heavy atom. The minimum Gasteiger partial charge on any atom is -0.267 e. The number of carbonyl (C=O) groups is 1. The zero-order chi connectivity index (χ0) is 22.5. The normalized spacial score (nSPS) is 10.9. The topological polar surface area (TPSA) is 102 Å². The van der Waals surface area contributed by atoms with Gasteiger partial charge in [-0.05, 0) is 31.2 Å². The zero-order valence-electron chi connectivity index (χ0n) is 17.2. The molecule has 0 aliphatic heterocycles. The molecule has 1 heterocycles. The maximum absolute atomic E-state index is 12.3. The molecule has 158 valence electrons. The number of aryl methyl sites for hydroxylation is 1. The number of hydrogen-bond acceptors (Lipinski definition) is 5. The second-order valence-electron chi connectivity index (χ2n) is 7.08. The summed E-state index contributed by atoms with van der Waals surface area (Å²) < 4.78 is 1.76. The standard InChI is InChI=1S/C24H19N5O3/c1-17-7-9-18(10-8-17)23-20(16-28(27-23)21-5-3-2-4-6-21)15-25-26-24(30)19-11-13-22(14-12-19)29(31)32/h2-16H,1H3,(H,26,30)/b25-15+. The van der Waals surface area contributed by atoms with Gasteiger partial charge in [0.15, 0.2) is 0 Å². The first-order valence-corrected chi connectivity index (χ1v) is 9.81. The van der Waals surface area contributed by atoms with E-state index in [2.05, 4.69) is 10.5 Å². The molecule has 8 nitrogen and oxygen atoms in total. The van der Waals surface area contributed by atoms with E-state index < -0.39 is 10.8 Å². The fourth-order valence-electron chi connectivity index (χ4n) is 3.09. The van der Waals surface area contributed by atoms with Crippen LogP contribution >= 0.6 is 0 Å². The molecule has 4 rings (SSSR count). The molecular weight excluding hydrogens is 406 g/mol. The molecule has 0 spiro atoms. The van der Waals surface area contributed by atoms with Crippen LogP contribution in [0.4, 0.5) is 5.69 Å². The number of aromatic nitrogens is 2. The summed E-state index contributed by atoms with van der Waals surface area (Å²) >= 11 is 0. The van der Waals surface area contributed by atoms with Gasteiger partial charge >= 0.3 is 0 Å². The molecule has 0 unspecified atom stereocenters. The highest BCUT2D eigenvalue weighted by atomic mass is 16.6. The van der Waals surface area contributed by atoms with E-state index in [1.54, 1.807) is 4.68 Å². The van der Waals surface area contributed by atoms with E-state index in [0.717, 1.165) is 28.1 Å². The molecule has 0 aliphatic rings. The summed E-state index contributed by atoms with van der Waals surface area (Å²) in [5.74, 6) is -0.469. The average molecular weight is 425 g/mol. The van der Waals surface area contributed by atoms with Crippen molar-refractivity contribution in [2.75, 3.05) is 0 Å². The molecule has 0 radical (unpaired) electrons. The Morgan fingerprint density at radius 3 is 2.38 bits per heavy atom. The van der Waals surface area contributed by atoms with Crippen LogP contribution in [-0.4, -0.2) is 26.8 Å².